The molecule has 1 heterocycles. The third kappa shape index (κ3) is 5.97. The van der Waals surface area contributed by atoms with E-state index in [1.165, 1.54) is 30.3 Å². The SMILES string of the molecule is O=C(COc1cccc(/C=C2/C(=O)NC(=O)N(c3cccc([N+](=O)[O-])c3)C2=O)c1)Nc1ccc(Cl)cc1. The highest BCUT2D eigenvalue weighted by molar-refractivity contribution is 6.39. The first-order chi connectivity index (χ1) is 17.7. The number of nitro benzene ring substituents is 1. The van der Waals surface area contributed by atoms with E-state index >= 15 is 0 Å². The van der Waals surface area contributed by atoms with E-state index in [1.807, 2.05) is 0 Å². The number of carbonyl (C=O) groups excluding carboxylic acids is 4. The zero-order valence-electron chi connectivity index (χ0n) is 18.8. The van der Waals surface area contributed by atoms with E-state index in [2.05, 4.69) is 10.6 Å². The molecule has 1 aliphatic rings. The molecule has 0 atom stereocenters. The second kappa shape index (κ2) is 10.7. The molecule has 4 rings (SSSR count). The van der Waals surface area contributed by atoms with Crippen molar-refractivity contribution >= 4 is 58.5 Å². The lowest BCUT2D eigenvalue weighted by molar-refractivity contribution is -0.384. The normalized spacial score (nSPS) is 14.4. The van der Waals surface area contributed by atoms with Crippen LogP contribution in [-0.4, -0.2) is 35.3 Å². The van der Waals surface area contributed by atoms with Crippen molar-refractivity contribution in [3.8, 4) is 5.75 Å². The van der Waals surface area contributed by atoms with Crippen molar-refractivity contribution in [1.82, 2.24) is 5.32 Å². The van der Waals surface area contributed by atoms with Crippen LogP contribution in [0.4, 0.5) is 21.9 Å². The van der Waals surface area contributed by atoms with Crippen LogP contribution in [0.2, 0.25) is 5.02 Å². The Balaban J connectivity index is 1.50. The predicted molar refractivity (Wildman–Crippen MR) is 134 cm³/mol. The van der Waals surface area contributed by atoms with E-state index in [-0.39, 0.29) is 29.3 Å². The van der Waals surface area contributed by atoms with Crippen LogP contribution in [0.5, 0.6) is 5.75 Å². The first kappa shape index (κ1) is 25.1. The van der Waals surface area contributed by atoms with Crippen LogP contribution in [0.15, 0.2) is 78.4 Å². The van der Waals surface area contributed by atoms with Gasteiger partial charge in [0.05, 0.1) is 10.6 Å². The molecule has 5 amide bonds. The lowest BCUT2D eigenvalue weighted by Gasteiger charge is -2.26. The van der Waals surface area contributed by atoms with Gasteiger partial charge < -0.3 is 10.1 Å². The summed E-state index contributed by atoms with van der Waals surface area (Å²) in [5.74, 6) is -2.01. The smallest absolute Gasteiger partial charge is 0.335 e. The summed E-state index contributed by atoms with van der Waals surface area (Å²) < 4.78 is 5.51. The minimum Gasteiger partial charge on any atom is -0.484 e. The van der Waals surface area contributed by atoms with Gasteiger partial charge in [-0.25, -0.2) is 9.69 Å². The number of hydrogen-bond acceptors (Lipinski definition) is 7. The molecule has 1 fully saturated rings. The molecular weight excluding hydrogens is 504 g/mol. The summed E-state index contributed by atoms with van der Waals surface area (Å²) in [6.07, 6.45) is 1.25. The molecule has 1 aliphatic heterocycles. The minimum atomic E-state index is -1.03. The molecule has 2 N–H and O–H groups in total. The highest BCUT2D eigenvalue weighted by Crippen LogP contribution is 2.26. The molecule has 12 heteroatoms. The fourth-order valence-corrected chi connectivity index (χ4v) is 3.50. The average molecular weight is 521 g/mol. The Morgan fingerprint density at radius 2 is 1.78 bits per heavy atom. The Bertz CT molecular complexity index is 1450. The zero-order chi connectivity index (χ0) is 26.5. The Morgan fingerprint density at radius 3 is 2.51 bits per heavy atom. The molecule has 0 bridgehead atoms. The number of rotatable bonds is 7. The number of ether oxygens (including phenoxy) is 1. The van der Waals surface area contributed by atoms with Crippen LogP contribution in [0, 0.1) is 10.1 Å². The molecule has 3 aromatic rings. The van der Waals surface area contributed by atoms with Gasteiger partial charge in [0.25, 0.3) is 23.4 Å². The Kier molecular flexibility index (Phi) is 7.26. The summed E-state index contributed by atoms with van der Waals surface area (Å²) in [7, 11) is 0. The van der Waals surface area contributed by atoms with Crippen LogP contribution in [0.1, 0.15) is 5.56 Å². The molecule has 186 valence electrons. The third-order valence-electron chi connectivity index (χ3n) is 5.07. The molecule has 0 radical (unpaired) electrons. The highest BCUT2D eigenvalue weighted by Gasteiger charge is 2.37. The lowest BCUT2D eigenvalue weighted by Crippen LogP contribution is -2.54. The van der Waals surface area contributed by atoms with Crippen molar-refractivity contribution in [1.29, 1.82) is 0 Å². The van der Waals surface area contributed by atoms with Gasteiger partial charge in [-0.05, 0) is 54.1 Å². The predicted octanol–water partition coefficient (Wildman–Crippen LogP) is 3.93. The summed E-state index contributed by atoms with van der Waals surface area (Å²) >= 11 is 5.82. The van der Waals surface area contributed by atoms with Gasteiger partial charge in [0.15, 0.2) is 6.61 Å². The molecule has 0 saturated carbocycles. The Hall–Kier alpha value is -5.03. The topological polar surface area (TPSA) is 148 Å². The molecule has 0 spiro atoms. The average Bonchev–Trinajstić information content (AvgIpc) is 2.87. The van der Waals surface area contributed by atoms with Crippen molar-refractivity contribution in [3.05, 3.63) is 99.1 Å². The van der Waals surface area contributed by atoms with Crippen molar-refractivity contribution in [3.63, 3.8) is 0 Å². The number of nitro groups is 1. The number of nitrogens with one attached hydrogen (secondary N) is 2. The number of hydrogen-bond donors (Lipinski definition) is 2. The van der Waals surface area contributed by atoms with Crippen molar-refractivity contribution in [2.75, 3.05) is 16.8 Å². The third-order valence-corrected chi connectivity index (χ3v) is 5.32. The van der Waals surface area contributed by atoms with Crippen LogP contribution < -0.4 is 20.3 Å². The summed E-state index contributed by atoms with van der Waals surface area (Å²) in [6.45, 7) is -0.308. The van der Waals surface area contributed by atoms with E-state index < -0.39 is 28.7 Å². The van der Waals surface area contributed by atoms with Crippen LogP contribution in [0.25, 0.3) is 6.08 Å². The van der Waals surface area contributed by atoms with Crippen molar-refractivity contribution < 1.29 is 28.8 Å². The van der Waals surface area contributed by atoms with Crippen LogP contribution >= 0.6 is 11.6 Å². The molecule has 0 aliphatic carbocycles. The molecule has 3 aromatic carbocycles. The molecule has 1 saturated heterocycles. The minimum absolute atomic E-state index is 0.0705. The van der Waals surface area contributed by atoms with E-state index in [4.69, 9.17) is 16.3 Å². The maximum absolute atomic E-state index is 13.0. The number of urea groups is 1. The maximum Gasteiger partial charge on any atom is 0.335 e. The van der Waals surface area contributed by atoms with E-state index in [0.717, 1.165) is 6.07 Å². The monoisotopic (exact) mass is 520 g/mol. The second-order valence-electron chi connectivity index (χ2n) is 7.65. The molecule has 0 unspecified atom stereocenters. The van der Waals surface area contributed by atoms with Crippen LogP contribution in [-0.2, 0) is 14.4 Å². The van der Waals surface area contributed by atoms with Crippen molar-refractivity contribution in [2.45, 2.75) is 0 Å². The van der Waals surface area contributed by atoms with E-state index in [1.54, 1.807) is 42.5 Å². The van der Waals surface area contributed by atoms with Gasteiger partial charge in [0.1, 0.15) is 11.3 Å². The van der Waals surface area contributed by atoms with Crippen LogP contribution in [0.3, 0.4) is 0 Å². The fourth-order valence-electron chi connectivity index (χ4n) is 3.38. The number of benzene rings is 3. The number of non-ortho nitro benzene ring substituents is 1. The number of nitrogens with zero attached hydrogens (tertiary/aromatic N) is 2. The summed E-state index contributed by atoms with van der Waals surface area (Å²) in [6, 6.07) is 16.7. The maximum atomic E-state index is 13.0. The molecular formula is C25H17ClN4O7. The summed E-state index contributed by atoms with van der Waals surface area (Å²) in [5, 5.41) is 16.3. The molecule has 11 nitrogen and oxygen atoms in total. The van der Waals surface area contributed by atoms with E-state index in [9.17, 15) is 29.3 Å². The summed E-state index contributed by atoms with van der Waals surface area (Å²) in [5.41, 5.74) is 0.150. The number of imide groups is 2. The van der Waals surface area contributed by atoms with Crippen molar-refractivity contribution in [2.24, 2.45) is 0 Å². The fraction of sp³-hybridized carbons (Fsp3) is 0.0400. The van der Waals surface area contributed by atoms with Gasteiger partial charge in [-0.2, -0.15) is 0 Å². The van der Waals surface area contributed by atoms with E-state index in [0.29, 0.717) is 21.2 Å². The lowest BCUT2D eigenvalue weighted by atomic mass is 10.1. The number of anilines is 2. The first-order valence-electron chi connectivity index (χ1n) is 10.7. The highest BCUT2D eigenvalue weighted by atomic mass is 35.5. The quantitative estimate of drug-likeness (QED) is 0.207. The second-order valence-corrected chi connectivity index (χ2v) is 8.09. The molecule has 37 heavy (non-hydrogen) atoms. The first-order valence-corrected chi connectivity index (χ1v) is 11.0. The van der Waals surface area contributed by atoms with Gasteiger partial charge in [-0.3, -0.25) is 29.8 Å². The molecule has 0 aromatic heterocycles. The summed E-state index contributed by atoms with van der Waals surface area (Å²) in [4.78, 5) is 61.0. The number of barbiturate groups is 1. The standard InChI is InChI=1S/C25H17ClN4O7/c26-16-7-9-17(10-8-16)27-22(31)14-37-20-6-1-3-15(11-20)12-21-23(32)28-25(34)29(24(21)33)18-4-2-5-19(13-18)30(35)36/h1-13H,14H2,(H,27,31)(H,28,32,34)/b21-12-. The van der Waals surface area contributed by atoms with Gasteiger partial charge in [0.2, 0.25) is 0 Å². The van der Waals surface area contributed by atoms with Gasteiger partial charge >= 0.3 is 6.03 Å². The van der Waals surface area contributed by atoms with Gasteiger partial charge in [0, 0.05) is 22.8 Å². The van der Waals surface area contributed by atoms with Gasteiger partial charge in [-0.15, -0.1) is 0 Å². The number of halogens is 1. The largest absolute Gasteiger partial charge is 0.484 e. The Labute approximate surface area is 214 Å². The Morgan fingerprint density at radius 1 is 1.05 bits per heavy atom. The number of amides is 5. The zero-order valence-corrected chi connectivity index (χ0v) is 19.6. The van der Waals surface area contributed by atoms with Gasteiger partial charge in [-0.1, -0.05) is 29.8 Å². The number of carbonyl (C=O) groups is 4.